The van der Waals surface area contributed by atoms with Gasteiger partial charge in [-0.3, -0.25) is 9.59 Å². The van der Waals surface area contributed by atoms with Gasteiger partial charge in [0.1, 0.15) is 11.9 Å². The normalized spacial score (nSPS) is 18.2. The van der Waals surface area contributed by atoms with Crippen molar-refractivity contribution in [3.8, 4) is 0 Å². The molecule has 33 heavy (non-hydrogen) atoms. The SMILES string of the molecule is O=C(c1cc(Cl)ccc1F)N1CCN(C(=O)c2nnn3c2CO[C@@H](c2ccccc2)C3)CC1. The number of carbonyl (C=O) groups is 2. The number of fused-ring (bicyclic) bond motifs is 1. The molecule has 0 saturated carbocycles. The van der Waals surface area contributed by atoms with E-state index in [4.69, 9.17) is 16.3 Å². The van der Waals surface area contributed by atoms with Crippen molar-refractivity contribution < 1.29 is 18.7 Å². The zero-order valence-corrected chi connectivity index (χ0v) is 18.4. The molecule has 1 fully saturated rings. The van der Waals surface area contributed by atoms with E-state index in [1.807, 2.05) is 30.3 Å². The number of hydrogen-bond donors (Lipinski definition) is 0. The fraction of sp³-hybridized carbons (Fsp3) is 0.304. The summed E-state index contributed by atoms with van der Waals surface area (Å²) in [5.74, 6) is -1.31. The molecule has 1 saturated heterocycles. The second kappa shape index (κ2) is 8.92. The topological polar surface area (TPSA) is 80.6 Å². The number of ether oxygens (including phenoxy) is 1. The van der Waals surface area contributed by atoms with Gasteiger partial charge in [-0.05, 0) is 23.8 Å². The molecule has 0 radical (unpaired) electrons. The Morgan fingerprint density at radius 2 is 1.70 bits per heavy atom. The van der Waals surface area contributed by atoms with Crippen LogP contribution in [0.15, 0.2) is 48.5 Å². The highest BCUT2D eigenvalue weighted by Gasteiger charge is 2.32. The molecule has 2 aliphatic rings. The van der Waals surface area contributed by atoms with E-state index in [9.17, 15) is 14.0 Å². The number of halogens is 2. The lowest BCUT2D eigenvalue weighted by Crippen LogP contribution is -2.51. The van der Waals surface area contributed by atoms with Crippen LogP contribution < -0.4 is 0 Å². The second-order valence-electron chi connectivity index (χ2n) is 7.99. The smallest absolute Gasteiger partial charge is 0.276 e. The Morgan fingerprint density at radius 1 is 1.00 bits per heavy atom. The van der Waals surface area contributed by atoms with E-state index < -0.39 is 11.7 Å². The Kier molecular flexibility index (Phi) is 5.82. The van der Waals surface area contributed by atoms with Crippen molar-refractivity contribution in [2.24, 2.45) is 0 Å². The predicted molar refractivity (Wildman–Crippen MR) is 117 cm³/mol. The molecule has 0 N–H and O–H groups in total. The minimum atomic E-state index is -0.618. The van der Waals surface area contributed by atoms with Gasteiger partial charge < -0.3 is 14.5 Å². The average molecular weight is 470 g/mol. The van der Waals surface area contributed by atoms with E-state index in [1.165, 1.54) is 23.1 Å². The summed E-state index contributed by atoms with van der Waals surface area (Å²) in [6.45, 7) is 1.91. The molecule has 3 aromatic rings. The summed E-state index contributed by atoms with van der Waals surface area (Å²) >= 11 is 5.91. The first kappa shape index (κ1) is 21.5. The first-order valence-corrected chi connectivity index (χ1v) is 11.0. The lowest BCUT2D eigenvalue weighted by Gasteiger charge is -2.34. The van der Waals surface area contributed by atoms with Crippen LogP contribution in [0.25, 0.3) is 0 Å². The Labute approximate surface area is 194 Å². The standard InChI is InChI=1S/C23H21ClFN5O3/c24-16-6-7-18(25)17(12-16)22(31)28-8-10-29(11-9-28)23(32)21-19-14-33-20(13-30(19)27-26-21)15-4-2-1-3-5-15/h1-7,12,20H,8-11,13-14H2/t20-/m1/s1. The Morgan fingerprint density at radius 3 is 2.42 bits per heavy atom. The predicted octanol–water partition coefficient (Wildman–Crippen LogP) is 2.94. The Hall–Kier alpha value is -3.30. The molecule has 0 aliphatic carbocycles. The highest BCUT2D eigenvalue weighted by molar-refractivity contribution is 6.31. The molecule has 2 aromatic carbocycles. The number of carbonyl (C=O) groups excluding carboxylic acids is 2. The van der Waals surface area contributed by atoms with Gasteiger partial charge in [-0.25, -0.2) is 9.07 Å². The number of benzene rings is 2. The molecule has 8 nitrogen and oxygen atoms in total. The summed E-state index contributed by atoms with van der Waals surface area (Å²) in [6.07, 6.45) is -0.148. The molecule has 0 spiro atoms. The molecular formula is C23H21ClFN5O3. The largest absolute Gasteiger partial charge is 0.365 e. The third-order valence-corrected chi connectivity index (χ3v) is 6.22. The van der Waals surface area contributed by atoms with Crippen LogP contribution in [0.5, 0.6) is 0 Å². The van der Waals surface area contributed by atoms with E-state index in [1.54, 1.807) is 9.58 Å². The first-order chi connectivity index (χ1) is 16.0. The molecule has 10 heteroatoms. The van der Waals surface area contributed by atoms with E-state index in [-0.39, 0.29) is 43.0 Å². The molecule has 0 bridgehead atoms. The van der Waals surface area contributed by atoms with E-state index in [2.05, 4.69) is 10.3 Å². The van der Waals surface area contributed by atoms with E-state index in [0.29, 0.717) is 30.4 Å². The number of rotatable bonds is 3. The molecule has 1 atom stereocenters. The van der Waals surface area contributed by atoms with Gasteiger partial charge in [0, 0.05) is 31.2 Å². The van der Waals surface area contributed by atoms with Gasteiger partial charge in [0.25, 0.3) is 11.8 Å². The molecule has 170 valence electrons. The summed E-state index contributed by atoms with van der Waals surface area (Å²) < 4.78 is 21.8. The monoisotopic (exact) mass is 469 g/mol. The van der Waals surface area contributed by atoms with Gasteiger partial charge >= 0.3 is 0 Å². The minimum absolute atomic E-state index is 0.0697. The third kappa shape index (κ3) is 4.21. The highest BCUT2D eigenvalue weighted by atomic mass is 35.5. The number of amides is 2. The maximum Gasteiger partial charge on any atom is 0.276 e. The maximum absolute atomic E-state index is 14.1. The van der Waals surface area contributed by atoms with Crippen LogP contribution in [0.2, 0.25) is 5.02 Å². The van der Waals surface area contributed by atoms with Gasteiger partial charge in [0.15, 0.2) is 5.69 Å². The van der Waals surface area contributed by atoms with Crippen LogP contribution in [0.4, 0.5) is 4.39 Å². The molecular weight excluding hydrogens is 449 g/mol. The quantitative estimate of drug-likeness (QED) is 0.589. The second-order valence-corrected chi connectivity index (χ2v) is 8.42. The summed E-state index contributed by atoms with van der Waals surface area (Å²) in [6, 6.07) is 13.7. The summed E-state index contributed by atoms with van der Waals surface area (Å²) in [4.78, 5) is 29.0. The van der Waals surface area contributed by atoms with Gasteiger partial charge in [0.05, 0.1) is 24.4 Å². The first-order valence-electron chi connectivity index (χ1n) is 10.6. The van der Waals surface area contributed by atoms with Crippen LogP contribution in [-0.4, -0.2) is 62.8 Å². The number of piperazine rings is 1. The van der Waals surface area contributed by atoms with Gasteiger partial charge in [0.2, 0.25) is 0 Å². The molecule has 3 heterocycles. The van der Waals surface area contributed by atoms with E-state index >= 15 is 0 Å². The van der Waals surface area contributed by atoms with Gasteiger partial charge in [-0.15, -0.1) is 5.10 Å². The molecule has 0 unspecified atom stereocenters. The zero-order valence-electron chi connectivity index (χ0n) is 17.7. The summed E-state index contributed by atoms with van der Waals surface area (Å²) in [5.41, 5.74) is 1.89. The van der Waals surface area contributed by atoms with Crippen LogP contribution in [0.3, 0.4) is 0 Å². The minimum Gasteiger partial charge on any atom is -0.365 e. The fourth-order valence-electron chi connectivity index (χ4n) is 4.14. The van der Waals surface area contributed by atoms with E-state index in [0.717, 1.165) is 5.56 Å². The highest BCUT2D eigenvalue weighted by Crippen LogP contribution is 2.27. The van der Waals surface area contributed by atoms with Crippen molar-refractivity contribution in [1.82, 2.24) is 24.8 Å². The molecule has 5 rings (SSSR count). The lowest BCUT2D eigenvalue weighted by molar-refractivity contribution is -0.00202. The fourth-order valence-corrected chi connectivity index (χ4v) is 4.31. The van der Waals surface area contributed by atoms with Crippen LogP contribution >= 0.6 is 11.6 Å². The van der Waals surface area contributed by atoms with Crippen LogP contribution in [-0.2, 0) is 17.9 Å². The van der Waals surface area contributed by atoms with Crippen molar-refractivity contribution in [2.45, 2.75) is 19.3 Å². The average Bonchev–Trinajstić information content (AvgIpc) is 3.28. The third-order valence-electron chi connectivity index (χ3n) is 5.98. The molecule has 2 amide bonds. The Balaban J connectivity index is 1.24. The van der Waals surface area contributed by atoms with Gasteiger partial charge in [-0.2, -0.15) is 0 Å². The van der Waals surface area contributed by atoms with Crippen molar-refractivity contribution in [2.75, 3.05) is 26.2 Å². The Bertz CT molecular complexity index is 1190. The maximum atomic E-state index is 14.1. The van der Waals surface area contributed by atoms with Gasteiger partial charge in [-0.1, -0.05) is 47.1 Å². The van der Waals surface area contributed by atoms with Crippen molar-refractivity contribution in [3.63, 3.8) is 0 Å². The number of nitrogens with zero attached hydrogens (tertiary/aromatic N) is 5. The molecule has 1 aromatic heterocycles. The number of aromatic nitrogens is 3. The van der Waals surface area contributed by atoms with Crippen molar-refractivity contribution >= 4 is 23.4 Å². The molecule has 2 aliphatic heterocycles. The summed E-state index contributed by atoms with van der Waals surface area (Å²) in [5, 5.41) is 8.58. The van der Waals surface area contributed by atoms with Crippen molar-refractivity contribution in [1.29, 1.82) is 0 Å². The number of hydrogen-bond acceptors (Lipinski definition) is 5. The van der Waals surface area contributed by atoms with Crippen LogP contribution in [0.1, 0.15) is 38.2 Å². The lowest BCUT2D eigenvalue weighted by atomic mass is 10.1. The van der Waals surface area contributed by atoms with Crippen molar-refractivity contribution in [3.05, 3.63) is 81.9 Å². The summed E-state index contributed by atoms with van der Waals surface area (Å²) in [7, 11) is 0. The zero-order chi connectivity index (χ0) is 22.9. The van der Waals surface area contributed by atoms with Crippen LogP contribution in [0, 0.1) is 5.82 Å².